The summed E-state index contributed by atoms with van der Waals surface area (Å²) in [6, 6.07) is 15.7. The van der Waals surface area contributed by atoms with Gasteiger partial charge < -0.3 is 4.90 Å². The average molecular weight is 526 g/mol. The Morgan fingerprint density at radius 1 is 1.11 bits per heavy atom. The molecule has 0 radical (unpaired) electrons. The molecule has 0 bridgehead atoms. The first-order valence-corrected chi connectivity index (χ1v) is 13.2. The zero-order valence-corrected chi connectivity index (χ0v) is 22.2. The maximum atomic E-state index is 12.7. The monoisotopic (exact) mass is 524 g/mol. The van der Waals surface area contributed by atoms with Crippen molar-refractivity contribution in [1.29, 1.82) is 0 Å². The largest absolute Gasteiger partial charge is 0.344 e. The number of hydrazone groups is 1. The second-order valence-corrected chi connectivity index (χ2v) is 10.9. The van der Waals surface area contributed by atoms with E-state index in [1.165, 1.54) is 16.9 Å². The van der Waals surface area contributed by atoms with Crippen LogP contribution in [0.15, 0.2) is 59.2 Å². The Morgan fingerprint density at radius 3 is 2.54 bits per heavy atom. The second-order valence-electron chi connectivity index (χ2n) is 9.10. The lowest BCUT2D eigenvalue weighted by Gasteiger charge is -2.30. The predicted molar refractivity (Wildman–Crippen MR) is 146 cm³/mol. The third kappa shape index (κ3) is 4.51. The SMILES string of the molecule is Cc1nc(N2N=C3/C(=C\c4ccccc4Cl)CCCC3C2c2ccccc2Cl)sc1C(=O)N(C)C. The zero-order chi connectivity index (χ0) is 24.7. The van der Waals surface area contributed by atoms with Crippen LogP contribution in [0.5, 0.6) is 0 Å². The second kappa shape index (κ2) is 9.76. The summed E-state index contributed by atoms with van der Waals surface area (Å²) >= 11 is 14.6. The highest BCUT2D eigenvalue weighted by molar-refractivity contribution is 7.17. The highest BCUT2D eigenvalue weighted by Gasteiger charge is 2.44. The number of benzene rings is 2. The first kappa shape index (κ1) is 24.0. The number of nitrogens with zero attached hydrogens (tertiary/aromatic N) is 4. The Hall–Kier alpha value is -2.67. The molecule has 35 heavy (non-hydrogen) atoms. The summed E-state index contributed by atoms with van der Waals surface area (Å²) in [7, 11) is 3.51. The fraction of sp³-hybridized carbons (Fsp3) is 0.296. The van der Waals surface area contributed by atoms with Gasteiger partial charge in [0.15, 0.2) is 0 Å². The van der Waals surface area contributed by atoms with E-state index in [1.54, 1.807) is 19.0 Å². The molecule has 0 N–H and O–H groups in total. The number of hydrogen-bond donors (Lipinski definition) is 0. The van der Waals surface area contributed by atoms with Gasteiger partial charge in [0, 0.05) is 30.1 Å². The van der Waals surface area contributed by atoms with Gasteiger partial charge in [0.2, 0.25) is 5.13 Å². The minimum Gasteiger partial charge on any atom is -0.344 e. The fourth-order valence-corrected chi connectivity index (χ4v) is 6.36. The molecule has 5 nitrogen and oxygen atoms in total. The van der Waals surface area contributed by atoms with Crippen LogP contribution in [0.3, 0.4) is 0 Å². The molecule has 180 valence electrons. The van der Waals surface area contributed by atoms with Crippen LogP contribution in [0.25, 0.3) is 6.08 Å². The van der Waals surface area contributed by atoms with E-state index in [-0.39, 0.29) is 17.9 Å². The van der Waals surface area contributed by atoms with Crippen molar-refractivity contribution in [2.45, 2.75) is 32.2 Å². The number of halogens is 2. The maximum absolute atomic E-state index is 12.7. The Balaban J connectivity index is 1.63. The average Bonchev–Trinajstić information content (AvgIpc) is 3.41. The molecule has 2 heterocycles. The molecular formula is C27H26Cl2N4OS. The number of carbonyl (C=O) groups is 1. The maximum Gasteiger partial charge on any atom is 0.265 e. The van der Waals surface area contributed by atoms with Crippen molar-refractivity contribution in [2.75, 3.05) is 19.1 Å². The van der Waals surface area contributed by atoms with E-state index >= 15 is 0 Å². The lowest BCUT2D eigenvalue weighted by atomic mass is 9.77. The van der Waals surface area contributed by atoms with Gasteiger partial charge in [0.1, 0.15) is 4.88 Å². The van der Waals surface area contributed by atoms with E-state index in [1.807, 2.05) is 54.4 Å². The summed E-state index contributed by atoms with van der Waals surface area (Å²) in [5.74, 6) is 0.110. The molecule has 1 amide bonds. The predicted octanol–water partition coefficient (Wildman–Crippen LogP) is 7.26. The van der Waals surface area contributed by atoms with Crippen molar-refractivity contribution in [1.82, 2.24) is 9.88 Å². The van der Waals surface area contributed by atoms with Gasteiger partial charge in [-0.25, -0.2) is 9.99 Å². The van der Waals surface area contributed by atoms with E-state index in [0.29, 0.717) is 20.7 Å². The molecule has 1 aromatic heterocycles. The van der Waals surface area contributed by atoms with Crippen LogP contribution in [0.1, 0.15) is 51.8 Å². The molecule has 2 aromatic carbocycles. The number of fused-ring (bicyclic) bond motifs is 1. The minimum atomic E-state index is -0.0958. The molecule has 2 aliphatic rings. The van der Waals surface area contributed by atoms with Crippen molar-refractivity contribution in [3.8, 4) is 0 Å². The molecular weight excluding hydrogens is 499 g/mol. The minimum absolute atomic E-state index is 0.0517. The molecule has 0 spiro atoms. The first-order valence-electron chi connectivity index (χ1n) is 11.6. The highest BCUT2D eigenvalue weighted by Crippen LogP contribution is 2.48. The van der Waals surface area contributed by atoms with Crippen LogP contribution in [-0.2, 0) is 0 Å². The number of rotatable bonds is 4. The Morgan fingerprint density at radius 2 is 1.83 bits per heavy atom. The molecule has 3 aromatic rings. The summed E-state index contributed by atoms with van der Waals surface area (Å²) in [4.78, 5) is 19.7. The topological polar surface area (TPSA) is 48.8 Å². The number of allylic oxidation sites excluding steroid dienone is 1. The number of carbonyl (C=O) groups excluding carboxylic acids is 1. The van der Waals surface area contributed by atoms with Crippen molar-refractivity contribution < 1.29 is 4.79 Å². The third-order valence-electron chi connectivity index (χ3n) is 6.54. The third-order valence-corrected chi connectivity index (χ3v) is 8.37. The Kier molecular flexibility index (Phi) is 6.71. The van der Waals surface area contributed by atoms with E-state index in [0.717, 1.165) is 41.1 Å². The standard InChI is InChI=1S/C27H26Cl2N4OS/c1-16-25(26(34)32(2)3)35-27(30-16)33-24(19-11-5-7-14-22(19)29)20-12-8-10-18(23(20)31-33)15-17-9-4-6-13-21(17)28/h4-7,9,11,13-15,20,24H,8,10,12H2,1-3H3/b18-15-. The van der Waals surface area contributed by atoms with Crippen molar-refractivity contribution in [3.05, 3.63) is 85.8 Å². The Labute approximate surface area is 219 Å². The molecule has 2 atom stereocenters. The molecule has 1 fully saturated rings. The normalized spacial score (nSPS) is 20.7. The summed E-state index contributed by atoms with van der Waals surface area (Å²) < 4.78 is 0. The van der Waals surface area contributed by atoms with Crippen molar-refractivity contribution >= 4 is 57.4 Å². The van der Waals surface area contributed by atoms with Crippen LogP contribution < -0.4 is 5.01 Å². The van der Waals surface area contributed by atoms with Gasteiger partial charge in [0.25, 0.3) is 5.91 Å². The lowest BCUT2D eigenvalue weighted by molar-refractivity contribution is 0.0831. The number of thiazole rings is 1. The van der Waals surface area contributed by atoms with Crippen LogP contribution in [-0.4, -0.2) is 35.6 Å². The fourth-order valence-electron chi connectivity index (χ4n) is 4.84. The van der Waals surface area contributed by atoms with Gasteiger partial charge >= 0.3 is 0 Å². The lowest BCUT2D eigenvalue weighted by Crippen LogP contribution is -2.28. The van der Waals surface area contributed by atoms with Gasteiger partial charge in [-0.1, -0.05) is 70.9 Å². The van der Waals surface area contributed by atoms with E-state index in [9.17, 15) is 4.79 Å². The van der Waals surface area contributed by atoms with Crippen LogP contribution in [0.4, 0.5) is 5.13 Å². The number of anilines is 1. The molecule has 5 rings (SSSR count). The number of aryl methyl sites for hydroxylation is 1. The van der Waals surface area contributed by atoms with Crippen LogP contribution in [0, 0.1) is 12.8 Å². The van der Waals surface area contributed by atoms with E-state index in [2.05, 4.69) is 12.1 Å². The number of amides is 1. The smallest absolute Gasteiger partial charge is 0.265 e. The molecule has 0 saturated heterocycles. The van der Waals surface area contributed by atoms with Crippen LogP contribution >= 0.6 is 34.5 Å². The number of aromatic nitrogens is 1. The van der Waals surface area contributed by atoms with E-state index < -0.39 is 0 Å². The van der Waals surface area contributed by atoms with Crippen molar-refractivity contribution in [3.63, 3.8) is 0 Å². The summed E-state index contributed by atoms with van der Waals surface area (Å²) in [6.45, 7) is 1.88. The van der Waals surface area contributed by atoms with Crippen LogP contribution in [0.2, 0.25) is 10.0 Å². The highest BCUT2D eigenvalue weighted by atomic mass is 35.5. The Bertz CT molecular complexity index is 1350. The van der Waals surface area contributed by atoms with Gasteiger partial charge in [-0.3, -0.25) is 4.79 Å². The molecule has 2 unspecified atom stereocenters. The first-order chi connectivity index (χ1) is 16.8. The zero-order valence-electron chi connectivity index (χ0n) is 19.8. The van der Waals surface area contributed by atoms with E-state index in [4.69, 9.17) is 33.3 Å². The molecule has 1 aliphatic carbocycles. The van der Waals surface area contributed by atoms with Gasteiger partial charge in [-0.05, 0) is 61.1 Å². The molecule has 1 aliphatic heterocycles. The van der Waals surface area contributed by atoms with Gasteiger partial charge in [-0.2, -0.15) is 5.10 Å². The molecule has 8 heteroatoms. The quantitative estimate of drug-likeness (QED) is 0.360. The summed E-state index contributed by atoms with van der Waals surface area (Å²) in [5.41, 5.74) is 4.96. The van der Waals surface area contributed by atoms with Gasteiger partial charge in [0.05, 0.1) is 17.4 Å². The molecule has 1 saturated carbocycles. The summed E-state index contributed by atoms with van der Waals surface area (Å²) in [6.07, 6.45) is 5.15. The van der Waals surface area contributed by atoms with Crippen molar-refractivity contribution in [2.24, 2.45) is 11.0 Å². The number of hydrogen-bond acceptors (Lipinski definition) is 5. The van der Waals surface area contributed by atoms with Gasteiger partial charge in [-0.15, -0.1) is 0 Å². The summed E-state index contributed by atoms with van der Waals surface area (Å²) in [5, 5.41) is 9.27.